The molecule has 0 aliphatic carbocycles. The second-order valence-corrected chi connectivity index (χ2v) is 10.6. The van der Waals surface area contributed by atoms with E-state index in [1.807, 2.05) is 36.4 Å². The summed E-state index contributed by atoms with van der Waals surface area (Å²) >= 11 is 0. The maximum absolute atomic E-state index is 11.9. The van der Waals surface area contributed by atoms with E-state index in [0.717, 1.165) is 24.1 Å². The molecule has 182 valence electrons. The van der Waals surface area contributed by atoms with E-state index in [0.29, 0.717) is 12.2 Å². The van der Waals surface area contributed by atoms with Gasteiger partial charge in [0, 0.05) is 6.54 Å². The summed E-state index contributed by atoms with van der Waals surface area (Å²) < 4.78 is 35.8. The molecule has 1 aliphatic rings. The number of anilines is 2. The van der Waals surface area contributed by atoms with Crippen LogP contribution in [0.1, 0.15) is 89.5 Å². The molecule has 5 nitrogen and oxygen atoms in total. The van der Waals surface area contributed by atoms with Crippen LogP contribution in [0.25, 0.3) is 0 Å². The second kappa shape index (κ2) is 15.1. The Hall–Kier alpha value is -1.05. The molecule has 0 amide bonds. The molecule has 0 saturated carbocycles. The van der Waals surface area contributed by atoms with Crippen LogP contribution in [-0.4, -0.2) is 19.1 Å². The van der Waals surface area contributed by atoms with Crippen molar-refractivity contribution >= 4 is 21.5 Å². The van der Waals surface area contributed by atoms with Gasteiger partial charge >= 0.3 is 29.6 Å². The van der Waals surface area contributed by atoms with Crippen LogP contribution < -0.4 is 39.8 Å². The largest absolute Gasteiger partial charge is 1.00 e. The number of benzene rings is 2. The normalized spacial score (nSPS) is 15.0. The van der Waals surface area contributed by atoms with Crippen molar-refractivity contribution in [3.8, 4) is 0 Å². The van der Waals surface area contributed by atoms with Crippen LogP contribution in [0, 0.1) is 0 Å². The first-order chi connectivity index (χ1) is 16.0. The molecular formula is C27H39N2NaO3S. The van der Waals surface area contributed by atoms with E-state index in [-0.39, 0.29) is 40.6 Å². The van der Waals surface area contributed by atoms with Crippen molar-refractivity contribution in [3.63, 3.8) is 0 Å². The molecule has 1 unspecified atom stereocenters. The van der Waals surface area contributed by atoms with Crippen LogP contribution in [-0.2, 0) is 16.7 Å². The van der Waals surface area contributed by atoms with Crippen molar-refractivity contribution in [2.45, 2.75) is 102 Å². The predicted octanol–water partition coefficient (Wildman–Crippen LogP) is 4.05. The van der Waals surface area contributed by atoms with Crippen LogP contribution in [0.5, 0.6) is 0 Å². The molecule has 0 radical (unpaired) electrons. The van der Waals surface area contributed by atoms with Gasteiger partial charge in [0.2, 0.25) is 0 Å². The molecule has 2 aromatic carbocycles. The first-order valence-corrected chi connectivity index (χ1v) is 14.1. The number of hydrogen-bond donors (Lipinski definition) is 1. The maximum Gasteiger partial charge on any atom is 1.00 e. The minimum Gasteiger partial charge on any atom is -0.744 e. The van der Waals surface area contributed by atoms with Crippen LogP contribution in [0.3, 0.4) is 0 Å². The van der Waals surface area contributed by atoms with Crippen molar-refractivity contribution < 1.29 is 42.5 Å². The van der Waals surface area contributed by atoms with E-state index >= 15 is 0 Å². The number of para-hydroxylation sites is 1. The molecule has 7 heteroatoms. The first-order valence-electron chi connectivity index (χ1n) is 12.7. The molecule has 34 heavy (non-hydrogen) atoms. The van der Waals surface area contributed by atoms with Gasteiger partial charge in [0.15, 0.2) is 0 Å². The number of unbranched alkanes of at least 4 members (excludes halogenated alkanes) is 10. The van der Waals surface area contributed by atoms with Crippen LogP contribution >= 0.6 is 0 Å². The Morgan fingerprint density at radius 3 is 2.00 bits per heavy atom. The van der Waals surface area contributed by atoms with E-state index < -0.39 is 10.1 Å². The Bertz CT molecular complexity index is 954. The van der Waals surface area contributed by atoms with Gasteiger partial charge in [-0.1, -0.05) is 108 Å². The quantitative estimate of drug-likeness (QED) is 0.230. The molecule has 0 spiro atoms. The maximum atomic E-state index is 11.9. The van der Waals surface area contributed by atoms with E-state index in [1.165, 1.54) is 70.3 Å². The molecule has 0 aromatic heterocycles. The molecule has 1 atom stereocenters. The van der Waals surface area contributed by atoms with Crippen molar-refractivity contribution in [1.82, 2.24) is 0 Å². The summed E-state index contributed by atoms with van der Waals surface area (Å²) in [7, 11) is -4.55. The zero-order chi connectivity index (χ0) is 23.5. The van der Waals surface area contributed by atoms with Gasteiger partial charge in [-0.05, 0) is 30.5 Å². The van der Waals surface area contributed by atoms with Crippen molar-refractivity contribution in [2.24, 2.45) is 0 Å². The summed E-state index contributed by atoms with van der Waals surface area (Å²) in [6.07, 6.45) is 15.1. The van der Waals surface area contributed by atoms with Crippen LogP contribution in [0.4, 0.5) is 11.4 Å². The van der Waals surface area contributed by atoms with Gasteiger partial charge in [0.25, 0.3) is 0 Å². The Labute approximate surface area is 228 Å². The van der Waals surface area contributed by atoms with Gasteiger partial charge in [-0.25, -0.2) is 8.42 Å². The smallest absolute Gasteiger partial charge is 0.744 e. The van der Waals surface area contributed by atoms with Gasteiger partial charge in [-0.2, -0.15) is 0 Å². The SMILES string of the molecule is CCCCCCCCCCCCCC1Nc2cccc(S(=O)(=O)[O-])c2N1Cc1ccccc1.[Na+]. The number of rotatable bonds is 15. The first kappa shape index (κ1) is 29.2. The van der Waals surface area contributed by atoms with Crippen LogP contribution in [0.15, 0.2) is 53.4 Å². The molecule has 0 saturated heterocycles. The summed E-state index contributed by atoms with van der Waals surface area (Å²) in [6, 6.07) is 14.9. The fourth-order valence-electron chi connectivity index (χ4n) is 4.75. The fourth-order valence-corrected chi connectivity index (χ4v) is 5.46. The fraction of sp³-hybridized carbons (Fsp3) is 0.556. The van der Waals surface area contributed by atoms with Crippen molar-refractivity contribution in [1.29, 1.82) is 0 Å². The van der Waals surface area contributed by atoms with Crippen molar-refractivity contribution in [3.05, 3.63) is 54.1 Å². The molecule has 0 fully saturated rings. The van der Waals surface area contributed by atoms with Gasteiger partial charge in [-0.3, -0.25) is 0 Å². The summed E-state index contributed by atoms with van der Waals surface area (Å²) in [6.45, 7) is 2.82. The van der Waals surface area contributed by atoms with Crippen molar-refractivity contribution in [2.75, 3.05) is 10.2 Å². The zero-order valence-corrected chi connectivity index (χ0v) is 23.8. The monoisotopic (exact) mass is 494 g/mol. The number of fused-ring (bicyclic) bond motifs is 1. The molecule has 2 aromatic rings. The van der Waals surface area contributed by atoms with E-state index in [2.05, 4.69) is 17.1 Å². The average molecular weight is 495 g/mol. The molecule has 0 bridgehead atoms. The third-order valence-electron chi connectivity index (χ3n) is 6.53. The number of nitrogens with zero attached hydrogens (tertiary/aromatic N) is 1. The summed E-state index contributed by atoms with van der Waals surface area (Å²) in [5.41, 5.74) is 2.34. The van der Waals surface area contributed by atoms with E-state index in [1.54, 1.807) is 6.07 Å². The minimum atomic E-state index is -4.55. The van der Waals surface area contributed by atoms with Crippen LogP contribution in [0.2, 0.25) is 0 Å². The molecule has 1 aliphatic heterocycles. The Kier molecular flexibility index (Phi) is 13.0. The topological polar surface area (TPSA) is 72.5 Å². The third kappa shape index (κ3) is 8.87. The van der Waals surface area contributed by atoms with E-state index in [9.17, 15) is 13.0 Å². The molecule has 1 N–H and O–H groups in total. The average Bonchev–Trinajstić information content (AvgIpc) is 3.14. The minimum absolute atomic E-state index is 0. The Balaban J connectivity index is 0.00000408. The second-order valence-electron chi connectivity index (χ2n) is 9.20. The Morgan fingerprint density at radius 2 is 1.41 bits per heavy atom. The number of hydrogen-bond acceptors (Lipinski definition) is 5. The summed E-state index contributed by atoms with van der Waals surface area (Å²) in [5, 5.41) is 3.48. The van der Waals surface area contributed by atoms with Gasteiger partial charge in [0.1, 0.15) is 10.1 Å². The standard InChI is InChI=1S/C27H40N2O3S.Na/c1-2-3-4-5-6-7-8-9-10-11-15-21-26-28-24-19-16-20-25(33(30,31)32)27(24)29(26)22-23-17-13-12-14-18-23;/h12-14,16-20,26,28H,2-11,15,21-22H2,1H3,(H,30,31,32);/q;+1/p-1. The van der Waals surface area contributed by atoms with Gasteiger partial charge in [0.05, 0.1) is 22.4 Å². The predicted molar refractivity (Wildman–Crippen MR) is 136 cm³/mol. The van der Waals surface area contributed by atoms with E-state index in [4.69, 9.17) is 0 Å². The van der Waals surface area contributed by atoms with Gasteiger partial charge in [-0.15, -0.1) is 0 Å². The molecule has 1 heterocycles. The molecular weight excluding hydrogens is 455 g/mol. The Morgan fingerprint density at radius 1 is 0.824 bits per heavy atom. The van der Waals surface area contributed by atoms with Gasteiger partial charge < -0.3 is 14.8 Å². The third-order valence-corrected chi connectivity index (χ3v) is 7.40. The zero-order valence-electron chi connectivity index (χ0n) is 21.0. The summed E-state index contributed by atoms with van der Waals surface area (Å²) in [4.78, 5) is 1.93. The summed E-state index contributed by atoms with van der Waals surface area (Å²) in [5.74, 6) is 0. The number of nitrogens with one attached hydrogen (secondary N) is 1. The molecule has 3 rings (SSSR count).